The van der Waals surface area contributed by atoms with Crippen LogP contribution in [-0.2, 0) is 35.4 Å². The monoisotopic (exact) mass is 248 g/mol. The Labute approximate surface area is 79.8 Å². The van der Waals surface area contributed by atoms with E-state index in [9.17, 15) is 0 Å². The third kappa shape index (κ3) is 4500000. The summed E-state index contributed by atoms with van der Waals surface area (Å²) in [7, 11) is 0. The van der Waals surface area contributed by atoms with Crippen LogP contribution in [0.3, 0.4) is 0 Å². The van der Waals surface area contributed by atoms with Gasteiger partial charge in [0.25, 0.3) is 0 Å². The molecule has 0 aromatic rings. The summed E-state index contributed by atoms with van der Waals surface area (Å²) in [5, 5.41) is 0. The average Bonchev–Trinajstić information content (AvgIpc) is 2.03. The molecule has 0 aliphatic carbocycles. The second-order valence-corrected chi connectivity index (χ2v) is 0. The van der Waals surface area contributed by atoms with E-state index in [1.54, 1.807) is 0 Å². The van der Waals surface area contributed by atoms with Crippen LogP contribution in [0.25, 0.3) is 0 Å². The van der Waals surface area contributed by atoms with Crippen molar-refractivity contribution in [1.82, 2.24) is 0 Å². The van der Waals surface area contributed by atoms with Gasteiger partial charge in [0.2, 0.25) is 0 Å². The molecule has 0 aliphatic rings. The van der Waals surface area contributed by atoms with Crippen molar-refractivity contribution in [2.75, 3.05) is 0 Å². The Hall–Kier alpha value is 0.00935. The van der Waals surface area contributed by atoms with Gasteiger partial charge in [-0.05, 0) is 0 Å². The molecule has 0 saturated carbocycles. The molecule has 0 fully saturated rings. The average molecular weight is 247 g/mol. The van der Waals surface area contributed by atoms with Gasteiger partial charge < -0.3 is 0 Å². The van der Waals surface area contributed by atoms with Crippen LogP contribution in [-0.4, -0.2) is 17.6 Å². The van der Waals surface area contributed by atoms with E-state index >= 15 is 0 Å². The van der Waals surface area contributed by atoms with E-state index < -0.39 is 0 Å². The maximum atomic E-state index is 7.50. The second kappa shape index (κ2) is 6610000. The van der Waals surface area contributed by atoms with Crippen LogP contribution >= 0.6 is 0 Å². The van der Waals surface area contributed by atoms with Crippen LogP contribution in [0.2, 0.25) is 0 Å². The van der Waals surface area contributed by atoms with Crippen LogP contribution in [0.1, 0.15) is 0 Å². The summed E-state index contributed by atoms with van der Waals surface area (Å²) in [4.78, 5) is 0. The molecule has 0 N–H and O–H groups in total. The van der Waals surface area contributed by atoms with Gasteiger partial charge in [-0.3, -0.25) is 0 Å². The van der Waals surface area contributed by atoms with Crippen LogP contribution in [0.5, 0.6) is 0 Å². The molecule has 6 heteroatoms. The molecule has 0 aliphatic heterocycles. The Morgan fingerprint density at radius 1 is 0.500 bits per heavy atom. The van der Waals surface area contributed by atoms with Crippen molar-refractivity contribution < 1.29 is 35.4 Å². The predicted molar refractivity (Wildman–Crippen MR) is 25.7 cm³/mol. The molecule has 0 aromatic carbocycles. The van der Waals surface area contributed by atoms with E-state index in [2.05, 4.69) is 26.6 Å². The molecule has 4 nitrogen and oxygen atoms in total. The van der Waals surface area contributed by atoms with Crippen LogP contribution < -0.4 is 0 Å². The fourth-order valence-corrected chi connectivity index (χ4v) is 0. The zero-order chi connectivity index (χ0) is 8.00. The van der Waals surface area contributed by atoms with Gasteiger partial charge in [0.1, 0.15) is 0 Å². The van der Waals surface area contributed by atoms with E-state index in [1.807, 2.05) is 0 Å². The van der Waals surface area contributed by atoms with Crippen molar-refractivity contribution >= 4 is 17.6 Å². The summed E-state index contributed by atoms with van der Waals surface area (Å²) in [5.41, 5.74) is 0. The molecule has 0 aromatic heterocycles. The Kier molecular flexibility index (Phi) is 33400000. The van der Waals surface area contributed by atoms with Crippen LogP contribution in [0, 0.1) is 26.6 Å². The van der Waals surface area contributed by atoms with Gasteiger partial charge in [-0.25, -0.2) is 0 Å². The molecule has 0 spiro atoms. The molecule has 10 heavy (non-hydrogen) atoms. The first-order chi connectivity index (χ1) is 4.00. The summed E-state index contributed by atoms with van der Waals surface area (Å²) < 4.78 is 30.0. The van der Waals surface area contributed by atoms with Gasteiger partial charge in [-0.2, -0.15) is 0 Å². The molecule has 2 radical (unpaired) electrons. The molecule has 0 bridgehead atoms. The fraction of sp³-hybridized carbons (Fsp3) is 0. The van der Waals surface area contributed by atoms with Crippen molar-refractivity contribution in [1.29, 1.82) is 0 Å². The molecule has 0 unspecified atom stereocenters. The second-order valence-electron chi connectivity index (χ2n) is 0. The van der Waals surface area contributed by atoms with E-state index in [4.69, 9.17) is 18.6 Å². The van der Waals surface area contributed by atoms with E-state index in [0.29, 0.717) is 0 Å². The van der Waals surface area contributed by atoms with Crippen molar-refractivity contribution in [3.05, 3.63) is 26.6 Å². The summed E-state index contributed by atoms with van der Waals surface area (Å²) in [5.74, 6) is 0. The molecular formula is C4H3CoGeO4. The zero-order valence-corrected chi connectivity index (χ0v) is 10.2. The summed E-state index contributed by atoms with van der Waals surface area (Å²) in [6.45, 7) is 18.0. The summed E-state index contributed by atoms with van der Waals surface area (Å²) >= 11 is 0. The van der Waals surface area contributed by atoms with E-state index in [1.165, 1.54) is 0 Å². The van der Waals surface area contributed by atoms with Gasteiger partial charge >= 0.3 is 62.8 Å². The molecular weight excluding hydrogens is 244 g/mol. The summed E-state index contributed by atoms with van der Waals surface area (Å²) in [6, 6.07) is 0. The third-order valence-electron chi connectivity index (χ3n) is 0. The Morgan fingerprint density at radius 3 is 0.500 bits per heavy atom. The minimum atomic E-state index is 0. The molecule has 0 atom stereocenters. The van der Waals surface area contributed by atoms with Gasteiger partial charge in [-0.15, -0.1) is 0 Å². The van der Waals surface area contributed by atoms with Crippen molar-refractivity contribution in [2.45, 2.75) is 0 Å². The Balaban J connectivity index is -0.00000000500. The van der Waals surface area contributed by atoms with E-state index in [-0.39, 0.29) is 34.4 Å². The molecule has 56 valence electrons. The Morgan fingerprint density at radius 2 is 0.500 bits per heavy atom. The first-order valence-corrected chi connectivity index (χ1v) is 0.816. The third-order valence-corrected chi connectivity index (χ3v) is 0. The molecule has 0 rings (SSSR count). The van der Waals surface area contributed by atoms with Gasteiger partial charge in [0, 0.05) is 16.8 Å². The van der Waals surface area contributed by atoms with Gasteiger partial charge in [0.15, 0.2) is 0 Å². The summed E-state index contributed by atoms with van der Waals surface area (Å²) in [6.07, 6.45) is 0. The number of rotatable bonds is 0. The minimum absolute atomic E-state index is 0. The first kappa shape index (κ1) is 50.5. The number of hydrogen-bond donors (Lipinski definition) is 0. The predicted octanol–water partition coefficient (Wildman–Crippen LogP) is -1.34. The van der Waals surface area contributed by atoms with Crippen molar-refractivity contribution in [2.24, 2.45) is 0 Å². The SMILES string of the molecule is [C-]#[O+].[C-]#[O+].[C-]#[O+].[C-]#[O+].[Co].[GeH3]. The van der Waals surface area contributed by atoms with Crippen molar-refractivity contribution in [3.63, 3.8) is 0 Å². The quantitative estimate of drug-likeness (QED) is 0.288. The Bertz CT molecular complexity index is 60.2. The zero-order valence-electron chi connectivity index (χ0n) is 4.97. The van der Waals surface area contributed by atoms with Gasteiger partial charge in [-0.1, -0.05) is 0 Å². The number of hydrogen-bond acceptors (Lipinski definition) is 0. The van der Waals surface area contributed by atoms with E-state index in [0.717, 1.165) is 0 Å². The first-order valence-electron chi connectivity index (χ1n) is 0.816. The molecule has 0 saturated heterocycles. The topological polar surface area (TPSA) is 79.6 Å². The maximum absolute atomic E-state index is 7.50. The molecule has 0 amide bonds. The van der Waals surface area contributed by atoms with Crippen LogP contribution in [0.15, 0.2) is 0 Å². The molecule has 0 heterocycles. The normalized spacial score (nSPS) is 0.800. The van der Waals surface area contributed by atoms with Crippen LogP contribution in [0.4, 0.5) is 0 Å². The standard InChI is InChI=1S/4CO.Co.GeH3/c4*1-2;;/h;;;;;1H3. The van der Waals surface area contributed by atoms with Crippen molar-refractivity contribution in [3.8, 4) is 0 Å². The fourth-order valence-electron chi connectivity index (χ4n) is 0. The van der Waals surface area contributed by atoms with Gasteiger partial charge in [0.05, 0.1) is 0 Å².